The maximum absolute atomic E-state index is 12.4. The SMILES string of the molecule is O=C(CN1C(=O)c2cccc([N+](=O)[O-])c2C1=O)NCCc1cccc(Cl)c1. The van der Waals surface area contributed by atoms with Crippen molar-refractivity contribution >= 4 is 35.0 Å². The van der Waals surface area contributed by atoms with Crippen molar-refractivity contribution in [2.75, 3.05) is 13.1 Å². The number of nitro benzene ring substituents is 1. The van der Waals surface area contributed by atoms with Gasteiger partial charge in [-0.05, 0) is 30.2 Å². The molecule has 3 rings (SSSR count). The quantitative estimate of drug-likeness (QED) is 0.464. The van der Waals surface area contributed by atoms with Crippen LogP contribution < -0.4 is 5.32 Å². The molecule has 27 heavy (non-hydrogen) atoms. The first-order valence-corrected chi connectivity index (χ1v) is 8.41. The van der Waals surface area contributed by atoms with Gasteiger partial charge in [-0.3, -0.25) is 29.4 Å². The Kier molecular flexibility index (Phi) is 5.18. The van der Waals surface area contributed by atoms with E-state index in [0.29, 0.717) is 22.9 Å². The molecule has 138 valence electrons. The summed E-state index contributed by atoms with van der Waals surface area (Å²) in [5.74, 6) is -2.09. The molecule has 3 amide bonds. The largest absolute Gasteiger partial charge is 0.354 e. The fourth-order valence-corrected chi connectivity index (χ4v) is 3.06. The number of nitro groups is 1. The molecule has 0 aromatic heterocycles. The van der Waals surface area contributed by atoms with Crippen molar-refractivity contribution in [2.24, 2.45) is 0 Å². The summed E-state index contributed by atoms with van der Waals surface area (Å²) in [5, 5.41) is 14.3. The van der Waals surface area contributed by atoms with Gasteiger partial charge in [0, 0.05) is 17.6 Å². The average molecular weight is 388 g/mol. The molecule has 8 nitrogen and oxygen atoms in total. The van der Waals surface area contributed by atoms with Crippen LogP contribution in [0.2, 0.25) is 5.02 Å². The Morgan fingerprint density at radius 3 is 2.59 bits per heavy atom. The summed E-state index contributed by atoms with van der Waals surface area (Å²) in [7, 11) is 0. The zero-order valence-electron chi connectivity index (χ0n) is 14.0. The number of halogens is 1. The van der Waals surface area contributed by atoms with Crippen molar-refractivity contribution in [3.05, 3.63) is 74.3 Å². The lowest BCUT2D eigenvalue weighted by molar-refractivity contribution is -0.385. The first-order valence-electron chi connectivity index (χ1n) is 8.03. The molecule has 1 aliphatic rings. The molecule has 0 unspecified atom stereocenters. The van der Waals surface area contributed by atoms with Crippen LogP contribution in [-0.2, 0) is 11.2 Å². The van der Waals surface area contributed by atoms with E-state index in [4.69, 9.17) is 11.6 Å². The Bertz CT molecular complexity index is 960. The van der Waals surface area contributed by atoms with Crippen LogP contribution >= 0.6 is 11.6 Å². The van der Waals surface area contributed by atoms with Crippen LogP contribution in [0.5, 0.6) is 0 Å². The second kappa shape index (κ2) is 7.55. The molecule has 0 aliphatic carbocycles. The molecule has 0 atom stereocenters. The average Bonchev–Trinajstić information content (AvgIpc) is 2.87. The summed E-state index contributed by atoms with van der Waals surface area (Å²) in [6.07, 6.45) is 0.528. The number of hydrogen-bond donors (Lipinski definition) is 1. The number of imide groups is 1. The van der Waals surface area contributed by atoms with Gasteiger partial charge in [-0.2, -0.15) is 0 Å². The summed E-state index contributed by atoms with van der Waals surface area (Å²) in [6.45, 7) is -0.207. The van der Waals surface area contributed by atoms with E-state index in [1.807, 2.05) is 6.07 Å². The minimum absolute atomic E-state index is 0.0686. The van der Waals surface area contributed by atoms with E-state index in [2.05, 4.69) is 5.32 Å². The van der Waals surface area contributed by atoms with Gasteiger partial charge in [0.05, 0.1) is 10.5 Å². The van der Waals surface area contributed by atoms with Gasteiger partial charge in [0.15, 0.2) is 0 Å². The molecule has 1 heterocycles. The minimum Gasteiger partial charge on any atom is -0.354 e. The van der Waals surface area contributed by atoms with Crippen molar-refractivity contribution in [1.29, 1.82) is 0 Å². The fourth-order valence-electron chi connectivity index (χ4n) is 2.85. The van der Waals surface area contributed by atoms with Crippen LogP contribution in [0.3, 0.4) is 0 Å². The Balaban J connectivity index is 1.63. The number of nitrogens with one attached hydrogen (secondary N) is 1. The van der Waals surface area contributed by atoms with Crippen molar-refractivity contribution < 1.29 is 19.3 Å². The molecule has 2 aromatic rings. The van der Waals surface area contributed by atoms with Gasteiger partial charge in [-0.15, -0.1) is 0 Å². The first-order chi connectivity index (χ1) is 12.9. The van der Waals surface area contributed by atoms with E-state index in [9.17, 15) is 24.5 Å². The third-order valence-electron chi connectivity index (χ3n) is 4.10. The summed E-state index contributed by atoms with van der Waals surface area (Å²) in [6, 6.07) is 11.0. The monoisotopic (exact) mass is 387 g/mol. The zero-order chi connectivity index (χ0) is 19.6. The fraction of sp³-hybridized carbons (Fsp3) is 0.167. The Morgan fingerprint density at radius 2 is 1.89 bits per heavy atom. The highest BCUT2D eigenvalue weighted by atomic mass is 35.5. The number of amides is 3. The summed E-state index contributed by atoms with van der Waals surface area (Å²) in [5.41, 5.74) is 0.133. The van der Waals surface area contributed by atoms with Gasteiger partial charge in [-0.25, -0.2) is 0 Å². The highest BCUT2D eigenvalue weighted by Crippen LogP contribution is 2.30. The first kappa shape index (κ1) is 18.5. The number of nitrogens with zero attached hydrogens (tertiary/aromatic N) is 2. The highest BCUT2D eigenvalue weighted by molar-refractivity contribution is 6.30. The standard InChI is InChI=1S/C18H14ClN3O5/c19-12-4-1-3-11(9-12)7-8-20-15(23)10-21-17(24)13-5-2-6-14(22(26)27)16(13)18(21)25/h1-6,9H,7-8,10H2,(H,20,23). The van der Waals surface area contributed by atoms with Crippen LogP contribution in [0.25, 0.3) is 0 Å². The number of hydrogen-bond acceptors (Lipinski definition) is 5. The van der Waals surface area contributed by atoms with Gasteiger partial charge in [-0.1, -0.05) is 29.8 Å². The molecule has 0 fully saturated rings. The van der Waals surface area contributed by atoms with Crippen LogP contribution in [0, 0.1) is 10.1 Å². The van der Waals surface area contributed by atoms with E-state index in [1.165, 1.54) is 12.1 Å². The maximum Gasteiger partial charge on any atom is 0.282 e. The van der Waals surface area contributed by atoms with Gasteiger partial charge in [0.1, 0.15) is 12.1 Å². The smallest absolute Gasteiger partial charge is 0.282 e. The molecule has 0 saturated heterocycles. The van der Waals surface area contributed by atoms with Crippen LogP contribution in [0.4, 0.5) is 5.69 Å². The molecule has 9 heteroatoms. The van der Waals surface area contributed by atoms with E-state index < -0.39 is 34.9 Å². The van der Waals surface area contributed by atoms with Crippen molar-refractivity contribution in [3.8, 4) is 0 Å². The molecule has 0 spiro atoms. The van der Waals surface area contributed by atoms with Gasteiger partial charge >= 0.3 is 0 Å². The topological polar surface area (TPSA) is 110 Å². The number of fused-ring (bicyclic) bond motifs is 1. The molecule has 1 aliphatic heterocycles. The predicted molar refractivity (Wildman–Crippen MR) is 96.6 cm³/mol. The second-order valence-electron chi connectivity index (χ2n) is 5.88. The van der Waals surface area contributed by atoms with Crippen LogP contribution in [-0.4, -0.2) is 40.6 Å². The molecule has 1 N–H and O–H groups in total. The van der Waals surface area contributed by atoms with Crippen molar-refractivity contribution in [2.45, 2.75) is 6.42 Å². The third kappa shape index (κ3) is 3.80. The molecular formula is C18H14ClN3O5. The van der Waals surface area contributed by atoms with E-state index in [1.54, 1.807) is 18.2 Å². The minimum atomic E-state index is -0.840. The lowest BCUT2D eigenvalue weighted by Gasteiger charge is -2.13. The predicted octanol–water partition coefficient (Wildman–Crippen LogP) is 2.20. The molecule has 0 saturated carbocycles. The zero-order valence-corrected chi connectivity index (χ0v) is 14.7. The Hall–Kier alpha value is -3.26. The summed E-state index contributed by atoms with van der Waals surface area (Å²) in [4.78, 5) is 47.9. The summed E-state index contributed by atoms with van der Waals surface area (Å²) < 4.78 is 0. The maximum atomic E-state index is 12.4. The number of carbonyl (C=O) groups excluding carboxylic acids is 3. The molecule has 2 aromatic carbocycles. The van der Waals surface area contributed by atoms with E-state index in [-0.39, 0.29) is 11.1 Å². The highest BCUT2D eigenvalue weighted by Gasteiger charge is 2.41. The summed E-state index contributed by atoms with van der Waals surface area (Å²) >= 11 is 5.89. The number of benzene rings is 2. The number of carbonyl (C=O) groups is 3. The Labute approximate surface area is 158 Å². The van der Waals surface area contributed by atoms with Gasteiger partial charge < -0.3 is 5.32 Å². The normalized spacial score (nSPS) is 12.9. The van der Waals surface area contributed by atoms with E-state index >= 15 is 0 Å². The van der Waals surface area contributed by atoms with E-state index in [0.717, 1.165) is 11.6 Å². The molecule has 0 bridgehead atoms. The van der Waals surface area contributed by atoms with Crippen molar-refractivity contribution in [1.82, 2.24) is 10.2 Å². The van der Waals surface area contributed by atoms with Gasteiger partial charge in [0.25, 0.3) is 17.5 Å². The lowest BCUT2D eigenvalue weighted by Crippen LogP contribution is -2.40. The van der Waals surface area contributed by atoms with Crippen molar-refractivity contribution in [3.63, 3.8) is 0 Å². The molecule has 0 radical (unpaired) electrons. The third-order valence-corrected chi connectivity index (χ3v) is 4.34. The Morgan fingerprint density at radius 1 is 1.15 bits per heavy atom. The number of rotatable bonds is 6. The van der Waals surface area contributed by atoms with Gasteiger partial charge in [0.2, 0.25) is 5.91 Å². The second-order valence-corrected chi connectivity index (χ2v) is 6.32. The van der Waals surface area contributed by atoms with Crippen LogP contribution in [0.1, 0.15) is 26.3 Å². The van der Waals surface area contributed by atoms with Crippen LogP contribution in [0.15, 0.2) is 42.5 Å². The lowest BCUT2D eigenvalue weighted by atomic mass is 10.1. The molecular weight excluding hydrogens is 374 g/mol.